The predicted molar refractivity (Wildman–Crippen MR) is 139 cm³/mol. The fourth-order valence-electron chi connectivity index (χ4n) is 4.06. The lowest BCUT2D eigenvalue weighted by Crippen LogP contribution is -2.12. The van der Waals surface area contributed by atoms with E-state index in [2.05, 4.69) is 23.2 Å². The summed E-state index contributed by atoms with van der Waals surface area (Å²) in [6.07, 6.45) is 1.71. The minimum atomic E-state index is -0.432. The van der Waals surface area contributed by atoms with Gasteiger partial charge in [0.05, 0.1) is 16.8 Å². The Morgan fingerprint density at radius 3 is 2.67 bits per heavy atom. The summed E-state index contributed by atoms with van der Waals surface area (Å²) in [5, 5.41) is 20.5. The van der Waals surface area contributed by atoms with Crippen LogP contribution in [0.25, 0.3) is 22.0 Å². The maximum atomic E-state index is 11.6. The molecule has 0 radical (unpaired) electrons. The zero-order chi connectivity index (χ0) is 24.5. The molecule has 176 valence electrons. The first-order valence-electron chi connectivity index (χ1n) is 11.1. The smallest absolute Gasteiger partial charge is 0.294 e. The van der Waals surface area contributed by atoms with Crippen LogP contribution in [0.3, 0.4) is 0 Å². The highest BCUT2D eigenvalue weighted by atomic mass is 32.1. The largest absolute Gasteiger partial charge is 0.454 e. The van der Waals surface area contributed by atoms with Crippen molar-refractivity contribution in [3.05, 3.63) is 111 Å². The molecular formula is C27H18N4O4S. The normalized spacial score (nSPS) is 13.1. The molecule has 5 aromatic rings. The van der Waals surface area contributed by atoms with Crippen molar-refractivity contribution >= 4 is 39.7 Å². The third-order valence-corrected chi connectivity index (χ3v) is 6.58. The van der Waals surface area contributed by atoms with Gasteiger partial charge in [-0.1, -0.05) is 54.6 Å². The van der Waals surface area contributed by atoms with Gasteiger partial charge in [0, 0.05) is 17.0 Å². The van der Waals surface area contributed by atoms with Crippen LogP contribution >= 0.6 is 11.3 Å². The SMILES string of the molecule is O=[N+]([O-])c1ccccc1N=c1scc(-c2cccc3ccccc23)n1N=Cc1ccc2c(c1)OCO2. The van der Waals surface area contributed by atoms with E-state index in [0.29, 0.717) is 16.3 Å². The zero-order valence-corrected chi connectivity index (χ0v) is 19.6. The van der Waals surface area contributed by atoms with Gasteiger partial charge in [-0.05, 0) is 40.6 Å². The molecule has 8 nitrogen and oxygen atoms in total. The molecule has 4 aromatic carbocycles. The van der Waals surface area contributed by atoms with E-state index in [1.54, 1.807) is 29.1 Å². The maximum Gasteiger partial charge on any atom is 0.294 e. The number of nitrogens with zero attached hydrogens (tertiary/aromatic N) is 4. The summed E-state index contributed by atoms with van der Waals surface area (Å²) >= 11 is 1.37. The van der Waals surface area contributed by atoms with Gasteiger partial charge >= 0.3 is 0 Å². The topological polar surface area (TPSA) is 91.2 Å². The Labute approximate surface area is 209 Å². The van der Waals surface area contributed by atoms with Gasteiger partial charge in [-0.25, -0.2) is 9.67 Å². The third kappa shape index (κ3) is 4.01. The Morgan fingerprint density at radius 1 is 0.944 bits per heavy atom. The van der Waals surface area contributed by atoms with Crippen molar-refractivity contribution in [2.45, 2.75) is 0 Å². The molecule has 0 spiro atoms. The predicted octanol–water partition coefficient (Wildman–Crippen LogP) is 6.12. The molecule has 6 rings (SSSR count). The van der Waals surface area contributed by atoms with Crippen LogP contribution in [0.4, 0.5) is 11.4 Å². The standard InChI is InChI=1S/C27H18N4O4S/c32-31(33)23-11-4-3-10-22(23)29-27-30(28-15-18-12-13-25-26(14-18)35-17-34-25)24(16-36-27)21-9-5-7-19-6-1-2-8-20(19)21/h1-16H,17H2. The molecule has 0 fully saturated rings. The fourth-order valence-corrected chi connectivity index (χ4v) is 4.90. The van der Waals surface area contributed by atoms with E-state index < -0.39 is 4.92 Å². The summed E-state index contributed by atoms with van der Waals surface area (Å²) in [7, 11) is 0. The molecule has 1 aliphatic heterocycles. The van der Waals surface area contributed by atoms with Crippen molar-refractivity contribution in [1.82, 2.24) is 4.68 Å². The Hall–Kier alpha value is -4.76. The minimum absolute atomic E-state index is 0.0658. The fraction of sp³-hybridized carbons (Fsp3) is 0.0370. The number of ether oxygens (including phenoxy) is 2. The number of fused-ring (bicyclic) bond motifs is 2. The lowest BCUT2D eigenvalue weighted by atomic mass is 10.0. The first-order chi connectivity index (χ1) is 17.7. The van der Waals surface area contributed by atoms with Crippen LogP contribution in [0.2, 0.25) is 0 Å². The Balaban J connectivity index is 1.54. The van der Waals surface area contributed by atoms with Crippen molar-refractivity contribution in [1.29, 1.82) is 0 Å². The number of nitro groups is 1. The average molecular weight is 495 g/mol. The van der Waals surface area contributed by atoms with Crippen LogP contribution in [-0.4, -0.2) is 22.6 Å². The summed E-state index contributed by atoms with van der Waals surface area (Å²) in [5.74, 6) is 1.35. The zero-order valence-electron chi connectivity index (χ0n) is 18.8. The van der Waals surface area contributed by atoms with E-state index in [1.807, 2.05) is 47.8 Å². The molecule has 0 amide bonds. The number of hydrogen-bond donors (Lipinski definition) is 0. The number of thiazole rings is 1. The second kappa shape index (κ2) is 9.12. The quantitative estimate of drug-likeness (QED) is 0.167. The summed E-state index contributed by atoms with van der Waals surface area (Å²) < 4.78 is 12.6. The van der Waals surface area contributed by atoms with Crippen molar-refractivity contribution in [3.8, 4) is 22.8 Å². The molecule has 0 N–H and O–H groups in total. The second-order valence-corrected chi connectivity index (χ2v) is 8.79. The summed E-state index contributed by atoms with van der Waals surface area (Å²) in [5.41, 5.74) is 2.82. The van der Waals surface area contributed by atoms with E-state index in [9.17, 15) is 10.1 Å². The molecule has 0 unspecified atom stereocenters. The van der Waals surface area contributed by atoms with Gasteiger partial charge in [0.2, 0.25) is 11.6 Å². The number of rotatable bonds is 5. The highest BCUT2D eigenvalue weighted by molar-refractivity contribution is 7.07. The van der Waals surface area contributed by atoms with Gasteiger partial charge in [0.25, 0.3) is 5.69 Å². The monoisotopic (exact) mass is 494 g/mol. The molecule has 0 atom stereocenters. The maximum absolute atomic E-state index is 11.6. The van der Waals surface area contributed by atoms with Crippen LogP contribution in [0.5, 0.6) is 11.5 Å². The van der Waals surface area contributed by atoms with Crippen molar-refractivity contribution in [2.24, 2.45) is 10.1 Å². The van der Waals surface area contributed by atoms with Gasteiger partial charge in [0.1, 0.15) is 5.69 Å². The molecule has 9 heteroatoms. The van der Waals surface area contributed by atoms with E-state index in [-0.39, 0.29) is 18.2 Å². The summed E-state index contributed by atoms with van der Waals surface area (Å²) in [6.45, 7) is 0.194. The minimum Gasteiger partial charge on any atom is -0.454 e. The van der Waals surface area contributed by atoms with Crippen molar-refractivity contribution in [3.63, 3.8) is 0 Å². The van der Waals surface area contributed by atoms with Crippen LogP contribution in [-0.2, 0) is 0 Å². The van der Waals surface area contributed by atoms with Gasteiger partial charge in [-0.3, -0.25) is 10.1 Å². The number of nitro benzene ring substituents is 1. The molecule has 36 heavy (non-hydrogen) atoms. The van der Waals surface area contributed by atoms with Gasteiger partial charge in [0.15, 0.2) is 11.5 Å². The van der Waals surface area contributed by atoms with Crippen molar-refractivity contribution < 1.29 is 14.4 Å². The van der Waals surface area contributed by atoms with E-state index >= 15 is 0 Å². The van der Waals surface area contributed by atoms with E-state index in [4.69, 9.17) is 14.6 Å². The first kappa shape index (κ1) is 21.8. The van der Waals surface area contributed by atoms with Gasteiger partial charge in [-0.2, -0.15) is 5.10 Å². The molecule has 0 saturated heterocycles. The van der Waals surface area contributed by atoms with E-state index in [0.717, 1.165) is 27.6 Å². The number of benzene rings is 4. The average Bonchev–Trinajstić information content (AvgIpc) is 3.54. The molecule has 0 saturated carbocycles. The summed E-state index contributed by atoms with van der Waals surface area (Å²) in [4.78, 5) is 16.3. The second-order valence-electron chi connectivity index (χ2n) is 7.96. The van der Waals surface area contributed by atoms with Crippen LogP contribution in [0, 0.1) is 10.1 Å². The molecule has 0 bridgehead atoms. The Kier molecular flexibility index (Phi) is 5.51. The molecule has 1 aromatic heterocycles. The first-order valence-corrected chi connectivity index (χ1v) is 12.0. The Morgan fingerprint density at radius 2 is 1.75 bits per heavy atom. The highest BCUT2D eigenvalue weighted by Crippen LogP contribution is 2.33. The van der Waals surface area contributed by atoms with Crippen molar-refractivity contribution in [2.75, 3.05) is 6.79 Å². The number of aromatic nitrogens is 1. The van der Waals surface area contributed by atoms with Gasteiger partial charge < -0.3 is 9.47 Å². The lowest BCUT2D eigenvalue weighted by molar-refractivity contribution is -0.384. The van der Waals surface area contributed by atoms with Crippen LogP contribution in [0.15, 0.2) is 100 Å². The lowest BCUT2D eigenvalue weighted by Gasteiger charge is -2.08. The van der Waals surface area contributed by atoms with E-state index in [1.165, 1.54) is 17.4 Å². The highest BCUT2D eigenvalue weighted by Gasteiger charge is 2.15. The molecule has 2 heterocycles. The molecular weight excluding hydrogens is 476 g/mol. The third-order valence-electron chi connectivity index (χ3n) is 5.76. The van der Waals surface area contributed by atoms with Crippen LogP contribution < -0.4 is 14.3 Å². The van der Waals surface area contributed by atoms with Crippen LogP contribution in [0.1, 0.15) is 5.56 Å². The Bertz CT molecular complexity index is 1720. The molecule has 0 aliphatic carbocycles. The number of hydrogen-bond acceptors (Lipinski definition) is 7. The van der Waals surface area contributed by atoms with Gasteiger partial charge in [-0.15, -0.1) is 11.3 Å². The molecule has 1 aliphatic rings. The summed E-state index contributed by atoms with van der Waals surface area (Å²) in [6, 6.07) is 26.2. The number of para-hydroxylation sites is 2.